The summed E-state index contributed by atoms with van der Waals surface area (Å²) in [5.74, 6) is -0.769. The SMILES string of the molecule is C[C@@H](C(=O)NC1CCCCC1)N(Cc1ccc(Cl)cc1Cl)C(=O)Cc1ccc(F)cc1. The average molecular weight is 465 g/mol. The maximum Gasteiger partial charge on any atom is 0.242 e. The van der Waals surface area contributed by atoms with Crippen LogP contribution in [0.1, 0.15) is 50.2 Å². The molecule has 3 rings (SSSR count). The van der Waals surface area contributed by atoms with E-state index in [0.29, 0.717) is 21.2 Å². The van der Waals surface area contributed by atoms with Crippen molar-refractivity contribution in [2.75, 3.05) is 0 Å². The zero-order valence-corrected chi connectivity index (χ0v) is 19.1. The van der Waals surface area contributed by atoms with E-state index in [9.17, 15) is 14.0 Å². The van der Waals surface area contributed by atoms with E-state index < -0.39 is 6.04 Å². The third-order valence-corrected chi connectivity index (χ3v) is 6.33. The fourth-order valence-electron chi connectivity index (χ4n) is 3.86. The molecule has 2 aromatic carbocycles. The number of hydrogen-bond donors (Lipinski definition) is 1. The maximum absolute atomic E-state index is 13.2. The van der Waals surface area contributed by atoms with E-state index in [-0.39, 0.29) is 36.6 Å². The van der Waals surface area contributed by atoms with Crippen LogP contribution in [-0.2, 0) is 22.6 Å². The molecule has 0 spiro atoms. The van der Waals surface area contributed by atoms with Gasteiger partial charge in [-0.1, -0.05) is 60.7 Å². The number of rotatable bonds is 7. The van der Waals surface area contributed by atoms with Crippen molar-refractivity contribution in [3.05, 3.63) is 69.5 Å². The molecule has 4 nitrogen and oxygen atoms in total. The Balaban J connectivity index is 1.78. The Morgan fingerprint density at radius 1 is 1.10 bits per heavy atom. The van der Waals surface area contributed by atoms with Crippen LogP contribution in [0.25, 0.3) is 0 Å². The topological polar surface area (TPSA) is 49.4 Å². The minimum Gasteiger partial charge on any atom is -0.352 e. The molecule has 0 aliphatic heterocycles. The molecule has 0 heterocycles. The molecule has 0 radical (unpaired) electrons. The van der Waals surface area contributed by atoms with E-state index in [4.69, 9.17) is 23.2 Å². The fourth-order valence-corrected chi connectivity index (χ4v) is 4.33. The number of nitrogens with one attached hydrogen (secondary N) is 1. The van der Waals surface area contributed by atoms with Crippen LogP contribution < -0.4 is 5.32 Å². The molecule has 1 aliphatic rings. The summed E-state index contributed by atoms with van der Waals surface area (Å²) >= 11 is 12.3. The van der Waals surface area contributed by atoms with Crippen molar-refractivity contribution in [3.63, 3.8) is 0 Å². The molecular weight excluding hydrogens is 438 g/mol. The van der Waals surface area contributed by atoms with Gasteiger partial charge in [0.05, 0.1) is 6.42 Å². The number of benzene rings is 2. The first-order valence-electron chi connectivity index (χ1n) is 10.6. The summed E-state index contributed by atoms with van der Waals surface area (Å²) in [5, 5.41) is 4.04. The number of hydrogen-bond acceptors (Lipinski definition) is 2. The number of carbonyl (C=O) groups excluding carboxylic acids is 2. The molecular formula is C24H27Cl2FN2O2. The Bertz CT molecular complexity index is 914. The van der Waals surface area contributed by atoms with Crippen LogP contribution in [0.4, 0.5) is 4.39 Å². The van der Waals surface area contributed by atoms with Crippen molar-refractivity contribution in [2.24, 2.45) is 0 Å². The third-order valence-electron chi connectivity index (χ3n) is 5.74. The zero-order chi connectivity index (χ0) is 22.4. The van der Waals surface area contributed by atoms with E-state index >= 15 is 0 Å². The van der Waals surface area contributed by atoms with Gasteiger partial charge in [0, 0.05) is 22.6 Å². The largest absolute Gasteiger partial charge is 0.352 e. The lowest BCUT2D eigenvalue weighted by atomic mass is 9.95. The minimum absolute atomic E-state index is 0.0620. The molecule has 2 amide bonds. The van der Waals surface area contributed by atoms with Crippen molar-refractivity contribution in [1.82, 2.24) is 10.2 Å². The highest BCUT2D eigenvalue weighted by Gasteiger charge is 2.28. The lowest BCUT2D eigenvalue weighted by molar-refractivity contribution is -0.140. The molecule has 0 aromatic heterocycles. The fraction of sp³-hybridized carbons (Fsp3) is 0.417. The van der Waals surface area contributed by atoms with Crippen LogP contribution in [0.3, 0.4) is 0 Å². The first-order valence-corrected chi connectivity index (χ1v) is 11.4. The number of halogens is 3. The van der Waals surface area contributed by atoms with Crippen molar-refractivity contribution in [2.45, 2.75) is 64.1 Å². The third kappa shape index (κ3) is 6.68. The van der Waals surface area contributed by atoms with Crippen molar-refractivity contribution in [3.8, 4) is 0 Å². The normalized spacial score (nSPS) is 15.4. The van der Waals surface area contributed by atoms with Gasteiger partial charge in [0.25, 0.3) is 0 Å². The van der Waals surface area contributed by atoms with Crippen LogP contribution in [0.5, 0.6) is 0 Å². The van der Waals surface area contributed by atoms with Crippen molar-refractivity contribution < 1.29 is 14.0 Å². The molecule has 31 heavy (non-hydrogen) atoms. The van der Waals surface area contributed by atoms with Gasteiger partial charge in [0.1, 0.15) is 11.9 Å². The van der Waals surface area contributed by atoms with E-state index in [1.807, 2.05) is 0 Å². The molecule has 1 N–H and O–H groups in total. The van der Waals surface area contributed by atoms with Crippen LogP contribution in [0.2, 0.25) is 10.0 Å². The van der Waals surface area contributed by atoms with E-state index in [1.165, 1.54) is 23.5 Å². The molecule has 0 bridgehead atoms. The highest BCUT2D eigenvalue weighted by atomic mass is 35.5. The average Bonchev–Trinajstić information content (AvgIpc) is 2.75. The van der Waals surface area contributed by atoms with E-state index in [2.05, 4.69) is 5.32 Å². The lowest BCUT2D eigenvalue weighted by Crippen LogP contribution is -2.50. The van der Waals surface area contributed by atoms with Crippen molar-refractivity contribution >= 4 is 35.0 Å². The number of carbonyl (C=O) groups is 2. The predicted molar refractivity (Wildman–Crippen MR) is 122 cm³/mol. The van der Waals surface area contributed by atoms with Gasteiger partial charge in [0.15, 0.2) is 0 Å². The monoisotopic (exact) mass is 464 g/mol. The van der Waals surface area contributed by atoms with Crippen LogP contribution in [0.15, 0.2) is 42.5 Å². The molecule has 1 aliphatic carbocycles. The van der Waals surface area contributed by atoms with Gasteiger partial charge < -0.3 is 10.2 Å². The molecule has 7 heteroatoms. The molecule has 166 valence electrons. The van der Waals surface area contributed by atoms with Crippen LogP contribution in [-0.4, -0.2) is 28.8 Å². The zero-order valence-electron chi connectivity index (χ0n) is 17.5. The number of nitrogens with zero attached hydrogens (tertiary/aromatic N) is 1. The Morgan fingerprint density at radius 2 is 1.77 bits per heavy atom. The second-order valence-electron chi connectivity index (χ2n) is 8.08. The highest BCUT2D eigenvalue weighted by molar-refractivity contribution is 6.35. The Labute approximate surface area is 192 Å². The van der Waals surface area contributed by atoms with Gasteiger partial charge in [-0.2, -0.15) is 0 Å². The highest BCUT2D eigenvalue weighted by Crippen LogP contribution is 2.24. The molecule has 2 aromatic rings. The molecule has 1 fully saturated rings. The summed E-state index contributed by atoms with van der Waals surface area (Å²) in [4.78, 5) is 27.7. The number of amides is 2. The molecule has 1 atom stereocenters. The summed E-state index contributed by atoms with van der Waals surface area (Å²) in [6.45, 7) is 1.90. The van der Waals surface area contributed by atoms with Crippen LogP contribution >= 0.6 is 23.2 Å². The second kappa shape index (κ2) is 11.0. The van der Waals surface area contributed by atoms with Gasteiger partial charge in [0.2, 0.25) is 11.8 Å². The van der Waals surface area contributed by atoms with Gasteiger partial charge in [-0.3, -0.25) is 9.59 Å². The first kappa shape index (κ1) is 23.6. The van der Waals surface area contributed by atoms with Gasteiger partial charge in [-0.05, 0) is 55.2 Å². The standard InChI is InChI=1S/C24H27Cl2FN2O2/c1-16(24(31)28-21-5-3-2-4-6-21)29(15-18-9-10-19(25)14-22(18)26)23(30)13-17-7-11-20(27)12-8-17/h7-12,14,16,21H,2-6,13,15H2,1H3,(H,28,31)/t16-/m0/s1. The van der Waals surface area contributed by atoms with E-state index in [1.54, 1.807) is 37.3 Å². The Hall–Kier alpha value is -2.11. The summed E-state index contributed by atoms with van der Waals surface area (Å²) in [5.41, 5.74) is 1.38. The smallest absolute Gasteiger partial charge is 0.242 e. The summed E-state index contributed by atoms with van der Waals surface area (Å²) in [6.07, 6.45) is 5.39. The summed E-state index contributed by atoms with van der Waals surface area (Å²) in [6, 6.07) is 10.4. The quantitative estimate of drug-likeness (QED) is 0.584. The Morgan fingerprint density at radius 3 is 2.42 bits per heavy atom. The van der Waals surface area contributed by atoms with Crippen molar-refractivity contribution in [1.29, 1.82) is 0 Å². The van der Waals surface area contributed by atoms with Gasteiger partial charge in [-0.25, -0.2) is 4.39 Å². The van der Waals surface area contributed by atoms with Crippen LogP contribution in [0, 0.1) is 5.82 Å². The molecule has 0 unspecified atom stereocenters. The molecule has 0 saturated heterocycles. The second-order valence-corrected chi connectivity index (χ2v) is 8.92. The van der Waals surface area contributed by atoms with E-state index in [0.717, 1.165) is 25.7 Å². The molecule has 1 saturated carbocycles. The summed E-state index contributed by atoms with van der Waals surface area (Å²) in [7, 11) is 0. The lowest BCUT2D eigenvalue weighted by Gasteiger charge is -2.31. The Kier molecular flexibility index (Phi) is 8.33. The predicted octanol–water partition coefficient (Wildman–Crippen LogP) is 5.54. The van der Waals surface area contributed by atoms with Gasteiger partial charge >= 0.3 is 0 Å². The first-order chi connectivity index (χ1) is 14.8. The summed E-state index contributed by atoms with van der Waals surface area (Å²) < 4.78 is 13.2. The van der Waals surface area contributed by atoms with Gasteiger partial charge in [-0.15, -0.1) is 0 Å². The maximum atomic E-state index is 13.2. The minimum atomic E-state index is -0.679.